The van der Waals surface area contributed by atoms with Crippen molar-refractivity contribution in [2.75, 3.05) is 16.8 Å². The number of carbonyl (C=O) groups is 2. The molecular formula is C17H19N3O4. The van der Waals surface area contributed by atoms with Gasteiger partial charge >= 0.3 is 0 Å². The van der Waals surface area contributed by atoms with E-state index in [1.54, 1.807) is 12.1 Å². The summed E-state index contributed by atoms with van der Waals surface area (Å²) >= 11 is 0. The monoisotopic (exact) mass is 329 g/mol. The van der Waals surface area contributed by atoms with E-state index in [4.69, 9.17) is 0 Å². The molecule has 0 spiro atoms. The highest BCUT2D eigenvalue weighted by Crippen LogP contribution is 2.39. The molecular weight excluding hydrogens is 310 g/mol. The van der Waals surface area contributed by atoms with Crippen LogP contribution < -0.4 is 10.2 Å². The fraction of sp³-hybridized carbons (Fsp3) is 0.412. The van der Waals surface area contributed by atoms with E-state index in [-0.39, 0.29) is 35.0 Å². The van der Waals surface area contributed by atoms with E-state index in [2.05, 4.69) is 5.32 Å². The highest BCUT2D eigenvalue weighted by molar-refractivity contribution is 6.22. The molecule has 7 heteroatoms. The lowest BCUT2D eigenvalue weighted by atomic mass is 9.85. The molecule has 1 saturated heterocycles. The van der Waals surface area contributed by atoms with Crippen LogP contribution in [0.5, 0.6) is 0 Å². The number of anilines is 2. The van der Waals surface area contributed by atoms with Crippen LogP contribution in [0.2, 0.25) is 0 Å². The van der Waals surface area contributed by atoms with Gasteiger partial charge in [-0.1, -0.05) is 19.1 Å². The number of hydrogen-bond acceptors (Lipinski definition) is 5. The standard InChI is InChI=1S/C17H19N3O4/c1-2-9-18-14-8-7-11(10-15(14)20(23)24)19-16(21)12-5-3-4-6-13(12)17(19)22/h3-4,7-8,10,12-13,18H,2,5-6,9H2,1H3/t12-,13-/m0/s1. The molecule has 7 nitrogen and oxygen atoms in total. The van der Waals surface area contributed by atoms with Gasteiger partial charge < -0.3 is 5.32 Å². The van der Waals surface area contributed by atoms with Gasteiger partial charge in [0, 0.05) is 12.6 Å². The first-order valence-electron chi connectivity index (χ1n) is 8.09. The maximum Gasteiger partial charge on any atom is 0.294 e. The number of allylic oxidation sites excluding steroid dienone is 2. The normalized spacial score (nSPS) is 22.6. The Bertz CT molecular complexity index is 703. The van der Waals surface area contributed by atoms with Gasteiger partial charge in [-0.05, 0) is 31.4 Å². The van der Waals surface area contributed by atoms with E-state index in [0.29, 0.717) is 25.1 Å². The molecule has 1 heterocycles. The lowest BCUT2D eigenvalue weighted by molar-refractivity contribution is -0.383. The molecule has 0 aromatic heterocycles. The average Bonchev–Trinajstić information content (AvgIpc) is 2.84. The van der Waals surface area contributed by atoms with Crippen molar-refractivity contribution in [3.8, 4) is 0 Å². The number of amides is 2. The Hall–Kier alpha value is -2.70. The van der Waals surface area contributed by atoms with Crippen LogP contribution in [0.25, 0.3) is 0 Å². The molecule has 2 aliphatic rings. The number of imide groups is 1. The molecule has 1 fully saturated rings. The third-order valence-corrected chi connectivity index (χ3v) is 4.51. The van der Waals surface area contributed by atoms with Gasteiger partial charge in [0.05, 0.1) is 22.4 Å². The highest BCUT2D eigenvalue weighted by atomic mass is 16.6. The number of carbonyl (C=O) groups excluding carboxylic acids is 2. The van der Waals surface area contributed by atoms with Crippen molar-refractivity contribution in [2.24, 2.45) is 11.8 Å². The third kappa shape index (κ3) is 2.66. The first kappa shape index (κ1) is 16.2. The van der Waals surface area contributed by atoms with E-state index >= 15 is 0 Å². The molecule has 1 N–H and O–H groups in total. The molecule has 2 amide bonds. The summed E-state index contributed by atoms with van der Waals surface area (Å²) in [6.45, 7) is 2.57. The minimum Gasteiger partial charge on any atom is -0.380 e. The van der Waals surface area contributed by atoms with E-state index in [1.165, 1.54) is 6.07 Å². The summed E-state index contributed by atoms with van der Waals surface area (Å²) in [6.07, 6.45) is 5.75. The zero-order valence-electron chi connectivity index (χ0n) is 13.4. The first-order chi connectivity index (χ1) is 11.5. The number of rotatable bonds is 5. The maximum atomic E-state index is 12.6. The number of hydrogen-bond donors (Lipinski definition) is 1. The summed E-state index contributed by atoms with van der Waals surface area (Å²) in [6, 6.07) is 4.45. The van der Waals surface area contributed by atoms with Gasteiger partial charge in [-0.25, -0.2) is 4.90 Å². The SMILES string of the molecule is CCCNc1ccc(N2C(=O)[C@H]3CC=CC[C@@H]3C2=O)cc1[N+](=O)[O-]. The van der Waals surface area contributed by atoms with Crippen LogP contribution in [0.1, 0.15) is 26.2 Å². The summed E-state index contributed by atoms with van der Waals surface area (Å²) in [5, 5.41) is 14.3. The third-order valence-electron chi connectivity index (χ3n) is 4.51. The number of nitro groups is 1. The Balaban J connectivity index is 1.95. The number of nitrogens with one attached hydrogen (secondary N) is 1. The topological polar surface area (TPSA) is 92.6 Å². The molecule has 2 atom stereocenters. The maximum absolute atomic E-state index is 12.6. The molecule has 3 rings (SSSR count). The molecule has 0 bridgehead atoms. The Kier molecular flexibility index (Phi) is 4.33. The van der Waals surface area contributed by atoms with Crippen molar-refractivity contribution in [1.82, 2.24) is 0 Å². The molecule has 0 unspecified atom stereocenters. The van der Waals surface area contributed by atoms with Crippen LogP contribution in [0.15, 0.2) is 30.4 Å². The first-order valence-corrected chi connectivity index (χ1v) is 8.09. The van der Waals surface area contributed by atoms with Gasteiger partial charge in [-0.3, -0.25) is 19.7 Å². The zero-order valence-corrected chi connectivity index (χ0v) is 13.4. The van der Waals surface area contributed by atoms with Crippen LogP contribution >= 0.6 is 0 Å². The van der Waals surface area contributed by atoms with Crippen molar-refractivity contribution in [2.45, 2.75) is 26.2 Å². The second-order valence-electron chi connectivity index (χ2n) is 6.05. The second kappa shape index (κ2) is 6.43. The zero-order chi connectivity index (χ0) is 17.3. The summed E-state index contributed by atoms with van der Waals surface area (Å²) < 4.78 is 0. The molecule has 1 aromatic carbocycles. The Morgan fingerprint density at radius 3 is 2.38 bits per heavy atom. The summed E-state index contributed by atoms with van der Waals surface area (Å²) in [5.74, 6) is -1.23. The average molecular weight is 329 g/mol. The smallest absolute Gasteiger partial charge is 0.294 e. The van der Waals surface area contributed by atoms with Gasteiger partial charge in [0.1, 0.15) is 5.69 Å². The minimum absolute atomic E-state index is 0.130. The number of benzene rings is 1. The highest BCUT2D eigenvalue weighted by Gasteiger charge is 2.48. The summed E-state index contributed by atoms with van der Waals surface area (Å²) in [5.41, 5.74) is 0.534. The number of nitrogens with zero attached hydrogens (tertiary/aromatic N) is 2. The Labute approximate surface area is 139 Å². The predicted octanol–water partition coefficient (Wildman–Crippen LogP) is 2.87. The molecule has 0 saturated carbocycles. The van der Waals surface area contributed by atoms with E-state index in [0.717, 1.165) is 11.3 Å². The molecule has 1 aliphatic carbocycles. The number of fused-ring (bicyclic) bond motifs is 1. The second-order valence-corrected chi connectivity index (χ2v) is 6.05. The lowest BCUT2D eigenvalue weighted by Crippen LogP contribution is -2.30. The predicted molar refractivity (Wildman–Crippen MR) is 89.7 cm³/mol. The minimum atomic E-state index is -0.499. The van der Waals surface area contributed by atoms with Crippen molar-refractivity contribution >= 4 is 28.9 Å². The van der Waals surface area contributed by atoms with Gasteiger partial charge in [0.2, 0.25) is 11.8 Å². The molecule has 126 valence electrons. The van der Waals surface area contributed by atoms with Gasteiger partial charge in [-0.2, -0.15) is 0 Å². The Morgan fingerprint density at radius 2 is 1.83 bits per heavy atom. The Morgan fingerprint density at radius 1 is 1.21 bits per heavy atom. The van der Waals surface area contributed by atoms with Crippen LogP contribution in [-0.4, -0.2) is 23.3 Å². The van der Waals surface area contributed by atoms with E-state index in [1.807, 2.05) is 19.1 Å². The molecule has 24 heavy (non-hydrogen) atoms. The van der Waals surface area contributed by atoms with Crippen LogP contribution in [-0.2, 0) is 9.59 Å². The summed E-state index contributed by atoms with van der Waals surface area (Å²) in [4.78, 5) is 37.1. The van der Waals surface area contributed by atoms with E-state index < -0.39 is 4.92 Å². The van der Waals surface area contributed by atoms with Gasteiger partial charge in [-0.15, -0.1) is 0 Å². The van der Waals surface area contributed by atoms with Crippen LogP contribution in [0.4, 0.5) is 17.1 Å². The fourth-order valence-electron chi connectivity index (χ4n) is 3.27. The quantitative estimate of drug-likeness (QED) is 0.388. The largest absolute Gasteiger partial charge is 0.380 e. The van der Waals surface area contributed by atoms with Gasteiger partial charge in [0.25, 0.3) is 5.69 Å². The lowest BCUT2D eigenvalue weighted by Gasteiger charge is -2.16. The van der Waals surface area contributed by atoms with Crippen molar-refractivity contribution in [3.63, 3.8) is 0 Å². The van der Waals surface area contributed by atoms with Crippen molar-refractivity contribution in [1.29, 1.82) is 0 Å². The van der Waals surface area contributed by atoms with E-state index in [9.17, 15) is 19.7 Å². The molecule has 1 aromatic rings. The number of nitro benzene ring substituents is 1. The van der Waals surface area contributed by atoms with Crippen molar-refractivity contribution < 1.29 is 14.5 Å². The summed E-state index contributed by atoms with van der Waals surface area (Å²) in [7, 11) is 0. The fourth-order valence-corrected chi connectivity index (χ4v) is 3.27. The van der Waals surface area contributed by atoms with Gasteiger partial charge in [0.15, 0.2) is 0 Å². The van der Waals surface area contributed by atoms with Crippen LogP contribution in [0, 0.1) is 22.0 Å². The van der Waals surface area contributed by atoms with Crippen LogP contribution in [0.3, 0.4) is 0 Å². The molecule has 0 radical (unpaired) electrons. The van der Waals surface area contributed by atoms with Crippen molar-refractivity contribution in [3.05, 3.63) is 40.5 Å². The molecule has 1 aliphatic heterocycles.